The molecule has 2 unspecified atom stereocenters. The van der Waals surface area contributed by atoms with E-state index in [9.17, 15) is 5.11 Å². The van der Waals surface area contributed by atoms with Gasteiger partial charge >= 0.3 is 0 Å². The van der Waals surface area contributed by atoms with Crippen LogP contribution in [0.5, 0.6) is 0 Å². The molecule has 0 radical (unpaired) electrons. The average Bonchev–Trinajstić information content (AvgIpc) is 2.11. The average molecular weight is 235 g/mol. The van der Waals surface area contributed by atoms with Crippen molar-refractivity contribution in [2.75, 3.05) is 0 Å². The van der Waals surface area contributed by atoms with Crippen LogP contribution in [0, 0.1) is 17.2 Å². The molecule has 17 heavy (non-hydrogen) atoms. The van der Waals surface area contributed by atoms with Crippen LogP contribution in [0.25, 0.3) is 0 Å². The van der Waals surface area contributed by atoms with Gasteiger partial charge in [0.25, 0.3) is 0 Å². The molecular formula is C13H21N3O. The highest BCUT2D eigenvalue weighted by molar-refractivity contribution is 5.92. The molecule has 0 saturated heterocycles. The minimum atomic E-state index is -0.474. The number of rotatable bonds is 3. The molecule has 0 aromatic heterocycles. The van der Waals surface area contributed by atoms with E-state index in [1.54, 1.807) is 0 Å². The summed E-state index contributed by atoms with van der Waals surface area (Å²) in [4.78, 5) is 4.69. The van der Waals surface area contributed by atoms with E-state index >= 15 is 0 Å². The van der Waals surface area contributed by atoms with Gasteiger partial charge in [0.1, 0.15) is 0 Å². The van der Waals surface area contributed by atoms with E-state index in [2.05, 4.69) is 4.99 Å². The number of aliphatic hydroxyl groups is 1. The molecule has 4 rings (SSSR count). The van der Waals surface area contributed by atoms with Gasteiger partial charge in [-0.15, -0.1) is 0 Å². The van der Waals surface area contributed by atoms with Gasteiger partial charge in [-0.25, -0.2) is 0 Å². The van der Waals surface area contributed by atoms with Crippen molar-refractivity contribution in [1.82, 2.24) is 0 Å². The SMILES string of the molecule is N=CCC(N)=NC12CC3CC(CC(O)(C3)C1)C2. The molecular weight excluding hydrogens is 214 g/mol. The molecule has 0 amide bonds. The number of hydrogen-bond acceptors (Lipinski definition) is 3. The zero-order chi connectivity index (χ0) is 12.1. The van der Waals surface area contributed by atoms with Crippen molar-refractivity contribution >= 4 is 12.1 Å². The summed E-state index contributed by atoms with van der Waals surface area (Å²) in [6.07, 6.45) is 7.89. The van der Waals surface area contributed by atoms with Crippen LogP contribution in [0.1, 0.15) is 44.9 Å². The van der Waals surface area contributed by atoms with Gasteiger partial charge in [0.15, 0.2) is 0 Å². The predicted molar refractivity (Wildman–Crippen MR) is 67.4 cm³/mol. The van der Waals surface area contributed by atoms with Gasteiger partial charge in [0, 0.05) is 19.1 Å². The summed E-state index contributed by atoms with van der Waals surface area (Å²) < 4.78 is 0. The first-order chi connectivity index (χ1) is 8.03. The number of aliphatic imine (C=N–C) groups is 1. The fourth-order valence-electron chi connectivity index (χ4n) is 4.75. The third kappa shape index (κ3) is 1.88. The maximum Gasteiger partial charge on any atom is 0.0997 e. The van der Waals surface area contributed by atoms with Crippen LogP contribution in [0.2, 0.25) is 0 Å². The Bertz CT molecular complexity index is 363. The second kappa shape index (κ2) is 3.55. The first-order valence-corrected chi connectivity index (χ1v) is 6.58. The highest BCUT2D eigenvalue weighted by atomic mass is 16.3. The third-order valence-electron chi connectivity index (χ3n) is 4.69. The smallest absolute Gasteiger partial charge is 0.0997 e. The largest absolute Gasteiger partial charge is 0.390 e. The Hall–Kier alpha value is -0.900. The lowest BCUT2D eigenvalue weighted by molar-refractivity contribution is -0.132. The first kappa shape index (κ1) is 11.2. The summed E-state index contributed by atoms with van der Waals surface area (Å²) in [5.41, 5.74) is 5.29. The monoisotopic (exact) mass is 235 g/mol. The molecule has 0 spiro atoms. The standard InChI is InChI=1S/C13H21N3O/c14-2-1-11(15)16-12-4-9-3-10(5-12)7-13(17,6-9)8-12/h2,9-10,14,17H,1,3-8H2,(H2,15,16). The number of nitrogens with two attached hydrogens (primary N) is 1. The number of amidine groups is 1. The van der Waals surface area contributed by atoms with Crippen LogP contribution >= 0.6 is 0 Å². The highest BCUT2D eigenvalue weighted by Gasteiger charge is 2.57. The Morgan fingerprint density at radius 3 is 2.53 bits per heavy atom. The predicted octanol–water partition coefficient (Wildman–Crippen LogP) is 1.47. The number of nitrogens with one attached hydrogen (secondary N) is 1. The molecule has 4 aliphatic rings. The van der Waals surface area contributed by atoms with E-state index in [4.69, 9.17) is 11.1 Å². The Kier molecular flexibility index (Phi) is 2.34. The lowest BCUT2D eigenvalue weighted by Gasteiger charge is -2.58. The number of nitrogens with zero attached hydrogens (tertiary/aromatic N) is 1. The molecule has 0 heterocycles. The fourth-order valence-corrected chi connectivity index (χ4v) is 4.75. The van der Waals surface area contributed by atoms with E-state index in [1.807, 2.05) is 0 Å². The molecule has 4 saturated carbocycles. The molecule has 0 aromatic carbocycles. The lowest BCUT2D eigenvalue weighted by Crippen LogP contribution is -2.58. The zero-order valence-corrected chi connectivity index (χ0v) is 10.2. The molecule has 0 aromatic rings. The Morgan fingerprint density at radius 2 is 2.00 bits per heavy atom. The quantitative estimate of drug-likeness (QED) is 0.511. The van der Waals surface area contributed by atoms with Crippen molar-refractivity contribution in [3.63, 3.8) is 0 Å². The summed E-state index contributed by atoms with van der Waals surface area (Å²) in [6, 6.07) is 0. The van der Waals surface area contributed by atoms with Gasteiger partial charge < -0.3 is 16.2 Å². The Balaban J connectivity index is 1.88. The van der Waals surface area contributed by atoms with Crippen molar-refractivity contribution in [3.8, 4) is 0 Å². The summed E-state index contributed by atoms with van der Waals surface area (Å²) in [6.45, 7) is 0. The molecule has 4 N–H and O–H groups in total. The molecule has 4 bridgehead atoms. The van der Waals surface area contributed by atoms with E-state index in [0.29, 0.717) is 24.1 Å². The second-order valence-electron chi connectivity index (χ2n) is 6.42. The molecule has 4 aliphatic carbocycles. The summed E-state index contributed by atoms with van der Waals surface area (Å²) in [7, 11) is 0. The lowest BCUT2D eigenvalue weighted by atomic mass is 9.51. The van der Waals surface area contributed by atoms with E-state index in [0.717, 1.165) is 32.1 Å². The fraction of sp³-hybridized carbons (Fsp3) is 0.846. The minimum Gasteiger partial charge on any atom is -0.390 e. The molecule has 4 heteroatoms. The van der Waals surface area contributed by atoms with Crippen LogP contribution in [0.3, 0.4) is 0 Å². The van der Waals surface area contributed by atoms with Gasteiger partial charge in [-0.3, -0.25) is 4.99 Å². The summed E-state index contributed by atoms with van der Waals surface area (Å²) in [5.74, 6) is 1.83. The molecule has 94 valence electrons. The van der Waals surface area contributed by atoms with Crippen LogP contribution < -0.4 is 5.73 Å². The van der Waals surface area contributed by atoms with Crippen molar-refractivity contribution in [2.24, 2.45) is 22.6 Å². The molecule has 2 atom stereocenters. The maximum atomic E-state index is 10.6. The van der Waals surface area contributed by atoms with E-state index in [-0.39, 0.29) is 5.54 Å². The zero-order valence-electron chi connectivity index (χ0n) is 10.2. The van der Waals surface area contributed by atoms with Crippen molar-refractivity contribution in [1.29, 1.82) is 5.41 Å². The Labute approximate surface area is 102 Å². The minimum absolute atomic E-state index is 0.105. The van der Waals surface area contributed by atoms with Crippen LogP contribution in [-0.4, -0.2) is 28.3 Å². The maximum absolute atomic E-state index is 10.6. The van der Waals surface area contributed by atoms with Gasteiger partial charge in [-0.05, 0) is 43.9 Å². The second-order valence-corrected chi connectivity index (χ2v) is 6.42. The molecule has 0 aliphatic heterocycles. The first-order valence-electron chi connectivity index (χ1n) is 6.58. The van der Waals surface area contributed by atoms with E-state index < -0.39 is 5.60 Å². The van der Waals surface area contributed by atoms with Gasteiger partial charge in [0.05, 0.1) is 17.0 Å². The van der Waals surface area contributed by atoms with Gasteiger partial charge in [-0.1, -0.05) is 0 Å². The van der Waals surface area contributed by atoms with E-state index in [1.165, 1.54) is 12.6 Å². The van der Waals surface area contributed by atoms with Gasteiger partial charge in [-0.2, -0.15) is 0 Å². The summed E-state index contributed by atoms with van der Waals surface area (Å²) in [5, 5.41) is 17.6. The van der Waals surface area contributed by atoms with Crippen LogP contribution in [-0.2, 0) is 0 Å². The van der Waals surface area contributed by atoms with Crippen molar-refractivity contribution < 1.29 is 5.11 Å². The normalized spacial score (nSPS) is 48.4. The Morgan fingerprint density at radius 1 is 1.35 bits per heavy atom. The van der Waals surface area contributed by atoms with Crippen LogP contribution in [0.15, 0.2) is 4.99 Å². The van der Waals surface area contributed by atoms with Crippen LogP contribution in [0.4, 0.5) is 0 Å². The third-order valence-corrected chi connectivity index (χ3v) is 4.69. The number of hydrogen-bond donors (Lipinski definition) is 3. The molecule has 4 nitrogen and oxygen atoms in total. The highest BCUT2D eigenvalue weighted by Crippen LogP contribution is 2.58. The summed E-state index contributed by atoms with van der Waals surface area (Å²) >= 11 is 0. The van der Waals surface area contributed by atoms with Crippen molar-refractivity contribution in [2.45, 2.75) is 56.1 Å². The van der Waals surface area contributed by atoms with Gasteiger partial charge in [0.2, 0.25) is 0 Å². The van der Waals surface area contributed by atoms with Crippen molar-refractivity contribution in [3.05, 3.63) is 0 Å². The topological polar surface area (TPSA) is 82.5 Å². The molecule has 4 fully saturated rings.